The minimum Gasteiger partial charge on any atom is -0.368 e. The zero-order valence-corrected chi connectivity index (χ0v) is 12.8. The normalized spacial score (nSPS) is 22.8. The summed E-state index contributed by atoms with van der Waals surface area (Å²) in [6.07, 6.45) is 0.393. The number of nitrogens with zero attached hydrogens (tertiary/aromatic N) is 2. The average Bonchev–Trinajstić information content (AvgIpc) is 2.65. The van der Waals surface area contributed by atoms with Crippen LogP contribution in [0.4, 0.5) is 0 Å². The summed E-state index contributed by atoms with van der Waals surface area (Å²) in [4.78, 5) is 12.5. The van der Waals surface area contributed by atoms with Crippen molar-refractivity contribution in [2.75, 3.05) is 0 Å². The van der Waals surface area contributed by atoms with Gasteiger partial charge in [-0.05, 0) is 25.1 Å². The molecule has 4 nitrogen and oxygen atoms in total. The molecule has 0 fully saturated rings. The lowest BCUT2D eigenvalue weighted by molar-refractivity contribution is -0.103. The minimum atomic E-state index is -1.23. The first-order valence-corrected chi connectivity index (χ1v) is 7.00. The number of hydrazone groups is 1. The number of amides is 1. The zero-order chi connectivity index (χ0) is 14.2. The van der Waals surface area contributed by atoms with Crippen molar-refractivity contribution in [2.45, 2.75) is 32.9 Å². The maximum atomic E-state index is 12.5. The van der Waals surface area contributed by atoms with Gasteiger partial charge in [0.1, 0.15) is 0 Å². The Morgan fingerprint density at radius 2 is 2.21 bits per heavy atom. The number of rotatable bonds is 2. The third-order valence-electron chi connectivity index (χ3n) is 3.34. The molecule has 1 aromatic carbocycles. The fraction of sp³-hybridized carbons (Fsp3) is 0.429. The first kappa shape index (κ1) is 14.2. The molecule has 0 radical (unpaired) electrons. The third-order valence-corrected chi connectivity index (χ3v) is 3.84. The fourth-order valence-electron chi connectivity index (χ4n) is 2.16. The number of benzene rings is 1. The number of carbonyl (C=O) groups is 1. The molecule has 1 aliphatic rings. The van der Waals surface area contributed by atoms with Gasteiger partial charge in [-0.25, -0.2) is 0 Å². The van der Waals surface area contributed by atoms with Crippen LogP contribution in [-0.2, 0) is 0 Å². The van der Waals surface area contributed by atoms with Crippen LogP contribution in [0.5, 0.6) is 0 Å². The highest BCUT2D eigenvalue weighted by atomic mass is 79.9. The standard InChI is InChI=1S/C14H17BrN2O2/c1-9(2)14(19)8-10(3)16-17(14)13(18)11-5-4-6-12(15)7-11/h4-7,9,19H,8H2,1-3H3/t14-/m1/s1. The Bertz CT molecular complexity index is 542. The highest BCUT2D eigenvalue weighted by molar-refractivity contribution is 9.10. The quantitative estimate of drug-likeness (QED) is 0.909. The van der Waals surface area contributed by atoms with Gasteiger partial charge in [0, 0.05) is 28.1 Å². The molecule has 0 spiro atoms. The second-order valence-electron chi connectivity index (χ2n) is 5.17. The van der Waals surface area contributed by atoms with Crippen molar-refractivity contribution in [3.8, 4) is 0 Å². The molecule has 0 bridgehead atoms. The van der Waals surface area contributed by atoms with Crippen LogP contribution in [0.3, 0.4) is 0 Å². The molecule has 19 heavy (non-hydrogen) atoms. The number of hydrogen-bond acceptors (Lipinski definition) is 3. The van der Waals surface area contributed by atoms with Gasteiger partial charge in [-0.1, -0.05) is 35.8 Å². The molecule has 0 unspecified atom stereocenters. The Balaban J connectivity index is 2.37. The summed E-state index contributed by atoms with van der Waals surface area (Å²) < 4.78 is 0.825. The smallest absolute Gasteiger partial charge is 0.276 e. The van der Waals surface area contributed by atoms with Crippen LogP contribution in [0.1, 0.15) is 37.6 Å². The predicted octanol–water partition coefficient (Wildman–Crippen LogP) is 3.02. The van der Waals surface area contributed by atoms with Crippen LogP contribution in [0, 0.1) is 5.92 Å². The van der Waals surface area contributed by atoms with Crippen LogP contribution < -0.4 is 0 Å². The fourth-order valence-corrected chi connectivity index (χ4v) is 2.56. The molecule has 1 aromatic rings. The van der Waals surface area contributed by atoms with Crippen LogP contribution in [0.2, 0.25) is 0 Å². The minimum absolute atomic E-state index is 0.0928. The van der Waals surface area contributed by atoms with Gasteiger partial charge in [0.05, 0.1) is 0 Å². The van der Waals surface area contributed by atoms with Gasteiger partial charge >= 0.3 is 0 Å². The van der Waals surface area contributed by atoms with Gasteiger partial charge in [-0.2, -0.15) is 10.1 Å². The lowest BCUT2D eigenvalue weighted by atomic mass is 9.94. The van der Waals surface area contributed by atoms with E-state index in [1.165, 1.54) is 5.01 Å². The predicted molar refractivity (Wildman–Crippen MR) is 77.8 cm³/mol. The van der Waals surface area contributed by atoms with E-state index in [4.69, 9.17) is 0 Å². The third kappa shape index (κ3) is 2.58. The maximum Gasteiger partial charge on any atom is 0.276 e. The van der Waals surface area contributed by atoms with E-state index >= 15 is 0 Å². The van der Waals surface area contributed by atoms with Gasteiger partial charge in [0.15, 0.2) is 5.72 Å². The van der Waals surface area contributed by atoms with Crippen molar-refractivity contribution < 1.29 is 9.90 Å². The van der Waals surface area contributed by atoms with E-state index < -0.39 is 5.72 Å². The summed E-state index contributed by atoms with van der Waals surface area (Å²) in [7, 11) is 0. The highest BCUT2D eigenvalue weighted by Gasteiger charge is 2.45. The summed E-state index contributed by atoms with van der Waals surface area (Å²) in [5.41, 5.74) is 0.0372. The Kier molecular flexibility index (Phi) is 3.78. The van der Waals surface area contributed by atoms with Gasteiger partial charge in [0.2, 0.25) is 0 Å². The second-order valence-corrected chi connectivity index (χ2v) is 6.09. The molecule has 0 aromatic heterocycles. The summed E-state index contributed by atoms with van der Waals surface area (Å²) in [6.45, 7) is 5.59. The maximum absolute atomic E-state index is 12.5. The van der Waals surface area contributed by atoms with Crippen molar-refractivity contribution >= 4 is 27.5 Å². The molecular formula is C14H17BrN2O2. The average molecular weight is 325 g/mol. The first-order chi connectivity index (χ1) is 8.84. The van der Waals surface area contributed by atoms with Crippen molar-refractivity contribution in [1.29, 1.82) is 0 Å². The van der Waals surface area contributed by atoms with Gasteiger partial charge in [-0.3, -0.25) is 4.79 Å². The van der Waals surface area contributed by atoms with Crippen molar-refractivity contribution in [3.63, 3.8) is 0 Å². The molecule has 0 saturated heterocycles. The van der Waals surface area contributed by atoms with E-state index in [0.29, 0.717) is 12.0 Å². The van der Waals surface area contributed by atoms with Gasteiger partial charge in [-0.15, -0.1) is 0 Å². The molecule has 1 atom stereocenters. The number of aliphatic hydroxyl groups is 1. The summed E-state index contributed by atoms with van der Waals surface area (Å²) >= 11 is 3.34. The van der Waals surface area contributed by atoms with Crippen molar-refractivity contribution in [3.05, 3.63) is 34.3 Å². The second kappa shape index (κ2) is 5.06. The van der Waals surface area contributed by atoms with E-state index in [2.05, 4.69) is 21.0 Å². The van der Waals surface area contributed by atoms with Crippen molar-refractivity contribution in [1.82, 2.24) is 5.01 Å². The molecule has 0 saturated carbocycles. The molecular weight excluding hydrogens is 308 g/mol. The number of halogens is 1. The topological polar surface area (TPSA) is 52.9 Å². The highest BCUT2D eigenvalue weighted by Crippen LogP contribution is 2.33. The van der Waals surface area contributed by atoms with Gasteiger partial charge in [0.25, 0.3) is 5.91 Å². The molecule has 1 aliphatic heterocycles. The Morgan fingerprint density at radius 1 is 1.53 bits per heavy atom. The monoisotopic (exact) mass is 324 g/mol. The number of hydrogen-bond donors (Lipinski definition) is 1. The summed E-state index contributed by atoms with van der Waals surface area (Å²) in [5, 5.41) is 16.1. The van der Waals surface area contributed by atoms with E-state index in [9.17, 15) is 9.90 Å². The molecule has 0 aliphatic carbocycles. The van der Waals surface area contributed by atoms with Gasteiger partial charge < -0.3 is 5.11 Å². The SMILES string of the molecule is CC1=NN(C(=O)c2cccc(Br)c2)[C@](O)(C(C)C)C1. The lowest BCUT2D eigenvalue weighted by Gasteiger charge is -2.34. The molecule has 1 N–H and O–H groups in total. The van der Waals surface area contributed by atoms with E-state index in [-0.39, 0.29) is 11.8 Å². The van der Waals surface area contributed by atoms with Crippen molar-refractivity contribution in [2.24, 2.45) is 11.0 Å². The van der Waals surface area contributed by atoms with Crippen LogP contribution >= 0.6 is 15.9 Å². The van der Waals surface area contributed by atoms with Crippen LogP contribution in [0.15, 0.2) is 33.8 Å². The van der Waals surface area contributed by atoms with Crippen LogP contribution in [0.25, 0.3) is 0 Å². The molecule has 2 rings (SSSR count). The zero-order valence-electron chi connectivity index (χ0n) is 11.2. The van der Waals surface area contributed by atoms with E-state index in [1.807, 2.05) is 26.8 Å². The number of carbonyl (C=O) groups excluding carboxylic acids is 1. The Morgan fingerprint density at radius 3 is 2.79 bits per heavy atom. The summed E-state index contributed by atoms with van der Waals surface area (Å²) in [6, 6.07) is 7.09. The Labute approximate surface area is 121 Å². The Hall–Kier alpha value is -1.20. The lowest BCUT2D eigenvalue weighted by Crippen LogP contribution is -2.49. The molecule has 1 amide bonds. The van der Waals surface area contributed by atoms with E-state index in [1.54, 1.807) is 18.2 Å². The van der Waals surface area contributed by atoms with Crippen LogP contribution in [-0.4, -0.2) is 27.5 Å². The molecule has 102 valence electrons. The molecule has 1 heterocycles. The summed E-state index contributed by atoms with van der Waals surface area (Å²) in [5.74, 6) is -0.376. The largest absolute Gasteiger partial charge is 0.368 e. The molecule has 5 heteroatoms. The first-order valence-electron chi connectivity index (χ1n) is 6.21. The van der Waals surface area contributed by atoms with E-state index in [0.717, 1.165) is 10.2 Å².